The molecule has 0 heterocycles. The van der Waals surface area contributed by atoms with Crippen LogP contribution in [0.2, 0.25) is 15.1 Å². The molecule has 1 nitrogen and oxygen atoms in total. The maximum atomic E-state index is 5.83. The van der Waals surface area contributed by atoms with E-state index in [1.54, 1.807) is 12.1 Å². The zero-order chi connectivity index (χ0) is 9.30. The minimum absolute atomic E-state index is 0.272. The Morgan fingerprint density at radius 2 is 1.75 bits per heavy atom. The Kier molecular flexibility index (Phi) is 2.89. The number of hydrogen-bond donors (Lipinski definition) is 1. The molecule has 0 aliphatic carbocycles. The van der Waals surface area contributed by atoms with E-state index in [2.05, 4.69) is 6.58 Å². The molecule has 1 aromatic carbocycles. The third kappa shape index (κ3) is 1.53. The van der Waals surface area contributed by atoms with Gasteiger partial charge in [-0.15, -0.1) is 0 Å². The molecule has 64 valence electrons. The fourth-order valence-corrected chi connectivity index (χ4v) is 1.43. The molecule has 0 atom stereocenters. The fourth-order valence-electron chi connectivity index (χ4n) is 0.793. The van der Waals surface area contributed by atoms with Crippen LogP contribution in [0.4, 0.5) is 5.69 Å². The average molecular weight is 223 g/mol. The Bertz CT molecular complexity index is 334. The first-order valence-corrected chi connectivity index (χ1v) is 4.26. The first-order chi connectivity index (χ1) is 5.57. The van der Waals surface area contributed by atoms with E-state index in [0.717, 1.165) is 0 Å². The van der Waals surface area contributed by atoms with Crippen LogP contribution in [0.3, 0.4) is 0 Å². The maximum absolute atomic E-state index is 5.83. The van der Waals surface area contributed by atoms with E-state index in [0.29, 0.717) is 16.3 Å². The molecule has 0 aliphatic heterocycles. The Morgan fingerprint density at radius 1 is 1.17 bits per heavy atom. The van der Waals surface area contributed by atoms with E-state index in [1.807, 2.05) is 0 Å². The van der Waals surface area contributed by atoms with Crippen molar-refractivity contribution in [3.8, 4) is 0 Å². The highest BCUT2D eigenvalue weighted by atomic mass is 35.5. The zero-order valence-electron chi connectivity index (χ0n) is 6.07. The second-order valence-corrected chi connectivity index (χ2v) is 3.33. The van der Waals surface area contributed by atoms with Gasteiger partial charge in [-0.25, -0.2) is 0 Å². The highest BCUT2D eigenvalue weighted by molar-refractivity contribution is 6.49. The van der Waals surface area contributed by atoms with Gasteiger partial charge in [0.15, 0.2) is 0 Å². The lowest BCUT2D eigenvalue weighted by atomic mass is 10.2. The molecule has 0 aliphatic rings. The molecule has 0 bridgehead atoms. The quantitative estimate of drug-likeness (QED) is 0.566. The lowest BCUT2D eigenvalue weighted by molar-refractivity contribution is 1.64. The molecule has 1 rings (SSSR count). The van der Waals surface area contributed by atoms with Crippen molar-refractivity contribution in [3.05, 3.63) is 33.3 Å². The monoisotopic (exact) mass is 221 g/mol. The molecule has 0 radical (unpaired) electrons. The molecule has 1 aromatic rings. The van der Waals surface area contributed by atoms with Crippen LogP contribution < -0.4 is 5.73 Å². The van der Waals surface area contributed by atoms with Crippen molar-refractivity contribution in [2.75, 3.05) is 5.73 Å². The van der Waals surface area contributed by atoms with Crippen LogP contribution in [-0.2, 0) is 0 Å². The first-order valence-electron chi connectivity index (χ1n) is 3.13. The number of benzene rings is 1. The minimum atomic E-state index is 0.272. The molecule has 0 spiro atoms. The number of halogens is 3. The van der Waals surface area contributed by atoms with Crippen molar-refractivity contribution < 1.29 is 0 Å². The Labute approximate surface area is 85.7 Å². The number of hydrogen-bond acceptors (Lipinski definition) is 1. The van der Waals surface area contributed by atoms with Crippen molar-refractivity contribution in [1.29, 1.82) is 0 Å². The van der Waals surface area contributed by atoms with Gasteiger partial charge in [-0.1, -0.05) is 47.5 Å². The van der Waals surface area contributed by atoms with Gasteiger partial charge in [-0.2, -0.15) is 0 Å². The topological polar surface area (TPSA) is 26.0 Å². The van der Waals surface area contributed by atoms with Crippen LogP contribution in [-0.4, -0.2) is 0 Å². The van der Waals surface area contributed by atoms with Gasteiger partial charge >= 0.3 is 0 Å². The van der Waals surface area contributed by atoms with Gasteiger partial charge in [-0.3, -0.25) is 0 Å². The molecule has 0 aromatic heterocycles. The fraction of sp³-hybridized carbons (Fsp3) is 0. The highest BCUT2D eigenvalue weighted by Crippen LogP contribution is 2.37. The van der Waals surface area contributed by atoms with Gasteiger partial charge in [0.05, 0.1) is 20.8 Å². The van der Waals surface area contributed by atoms with Gasteiger partial charge < -0.3 is 5.73 Å². The van der Waals surface area contributed by atoms with Crippen LogP contribution in [0.15, 0.2) is 12.6 Å². The van der Waals surface area contributed by atoms with E-state index in [9.17, 15) is 0 Å². The van der Waals surface area contributed by atoms with E-state index in [4.69, 9.17) is 40.5 Å². The number of nitrogen functional groups attached to an aromatic ring is 1. The summed E-state index contributed by atoms with van der Waals surface area (Å²) in [5, 5.41) is 0.936. The summed E-state index contributed by atoms with van der Waals surface area (Å²) in [4.78, 5) is 0. The first kappa shape index (κ1) is 9.72. The van der Waals surface area contributed by atoms with Gasteiger partial charge in [0.25, 0.3) is 0 Å². The van der Waals surface area contributed by atoms with Crippen LogP contribution in [0.5, 0.6) is 0 Å². The molecule has 12 heavy (non-hydrogen) atoms. The average Bonchev–Trinajstić information content (AvgIpc) is 2.08. The van der Waals surface area contributed by atoms with E-state index >= 15 is 0 Å². The summed E-state index contributed by atoms with van der Waals surface area (Å²) >= 11 is 17.3. The summed E-state index contributed by atoms with van der Waals surface area (Å²) in [5.74, 6) is 0. The third-order valence-corrected chi connectivity index (χ3v) is 2.81. The zero-order valence-corrected chi connectivity index (χ0v) is 8.34. The predicted octanol–water partition coefficient (Wildman–Crippen LogP) is 3.87. The molecule has 0 saturated heterocycles. The van der Waals surface area contributed by atoms with E-state index < -0.39 is 0 Å². The number of nitrogens with two attached hydrogens (primary N) is 1. The lowest BCUT2D eigenvalue weighted by Crippen LogP contribution is -1.89. The molecule has 0 fully saturated rings. The molecular weight excluding hydrogens is 216 g/mol. The lowest BCUT2D eigenvalue weighted by Gasteiger charge is -2.05. The van der Waals surface area contributed by atoms with Gasteiger partial charge in [0.1, 0.15) is 0 Å². The van der Waals surface area contributed by atoms with Crippen LogP contribution in [0.1, 0.15) is 5.56 Å². The van der Waals surface area contributed by atoms with Crippen LogP contribution in [0.25, 0.3) is 6.08 Å². The van der Waals surface area contributed by atoms with E-state index in [1.165, 1.54) is 0 Å². The minimum Gasteiger partial charge on any atom is -0.397 e. The normalized spacial score (nSPS) is 9.92. The summed E-state index contributed by atoms with van der Waals surface area (Å²) < 4.78 is 0. The van der Waals surface area contributed by atoms with Crippen molar-refractivity contribution in [2.24, 2.45) is 0 Å². The number of anilines is 1. The second kappa shape index (κ2) is 3.56. The van der Waals surface area contributed by atoms with Crippen molar-refractivity contribution in [2.45, 2.75) is 0 Å². The second-order valence-electron chi connectivity index (χ2n) is 2.20. The van der Waals surface area contributed by atoms with Gasteiger partial charge in [-0.05, 0) is 11.6 Å². The van der Waals surface area contributed by atoms with Gasteiger partial charge in [0.2, 0.25) is 0 Å². The molecule has 0 unspecified atom stereocenters. The summed E-state index contributed by atoms with van der Waals surface area (Å²) in [7, 11) is 0. The Morgan fingerprint density at radius 3 is 2.25 bits per heavy atom. The molecule has 0 saturated carbocycles. The van der Waals surface area contributed by atoms with Crippen molar-refractivity contribution in [3.63, 3.8) is 0 Å². The highest BCUT2D eigenvalue weighted by Gasteiger charge is 2.09. The predicted molar refractivity (Wildman–Crippen MR) is 56.0 cm³/mol. The summed E-state index contributed by atoms with van der Waals surface area (Å²) in [6.45, 7) is 3.56. The summed E-state index contributed by atoms with van der Waals surface area (Å²) in [5.41, 5.74) is 6.63. The summed E-state index contributed by atoms with van der Waals surface area (Å²) in [6, 6.07) is 1.63. The summed E-state index contributed by atoms with van der Waals surface area (Å²) in [6.07, 6.45) is 1.57. The molecule has 4 heteroatoms. The van der Waals surface area contributed by atoms with Gasteiger partial charge in [0, 0.05) is 0 Å². The van der Waals surface area contributed by atoms with Crippen LogP contribution >= 0.6 is 34.8 Å². The SMILES string of the molecule is C=Cc1cc(N)c(Cl)c(Cl)c1Cl. The molecule has 0 amide bonds. The smallest absolute Gasteiger partial charge is 0.0837 e. The Balaban J connectivity index is 3.49. The third-order valence-electron chi connectivity index (χ3n) is 1.42. The maximum Gasteiger partial charge on any atom is 0.0837 e. The standard InChI is InChI=1S/C8H6Cl3N/c1-2-4-3-5(12)7(10)8(11)6(4)9/h2-3H,1,12H2. The molecular formula is C8H6Cl3N. The van der Waals surface area contributed by atoms with Crippen LogP contribution in [0, 0.1) is 0 Å². The van der Waals surface area contributed by atoms with Crippen molar-refractivity contribution >= 4 is 46.6 Å². The van der Waals surface area contributed by atoms with E-state index in [-0.39, 0.29) is 10.0 Å². The molecule has 2 N–H and O–H groups in total. The van der Waals surface area contributed by atoms with Crippen molar-refractivity contribution in [1.82, 2.24) is 0 Å². The largest absolute Gasteiger partial charge is 0.397 e. The Hall–Kier alpha value is -0.370. The number of rotatable bonds is 1.